The van der Waals surface area contributed by atoms with Crippen molar-refractivity contribution in [2.75, 3.05) is 13.2 Å². The third-order valence-electron chi connectivity index (χ3n) is 14.5. The van der Waals surface area contributed by atoms with E-state index in [1.807, 2.05) is 0 Å². The maximum Gasteiger partial charge on any atom is 0.249 e. The van der Waals surface area contributed by atoms with E-state index in [9.17, 15) is 40.5 Å². The molecule has 70 heavy (non-hydrogen) atoms. The Morgan fingerprint density at radius 1 is 0.486 bits per heavy atom. The zero-order valence-electron chi connectivity index (χ0n) is 45.3. The third-order valence-corrected chi connectivity index (χ3v) is 14.5. The van der Waals surface area contributed by atoms with Crippen LogP contribution in [0, 0.1) is 0 Å². The minimum Gasteiger partial charge on any atom is -0.394 e. The van der Waals surface area contributed by atoms with Crippen LogP contribution in [0.2, 0.25) is 0 Å². The number of ether oxygens (including phenoxy) is 2. The summed E-state index contributed by atoms with van der Waals surface area (Å²) < 4.78 is 11.1. The first-order chi connectivity index (χ1) is 34.2. The predicted octanol–water partition coefficient (Wildman–Crippen LogP) is 12.5. The van der Waals surface area contributed by atoms with Gasteiger partial charge in [-0.1, -0.05) is 250 Å². The SMILES string of the molecule is CCCCCCCCCCC/C=C/CC/C=C/CCCC(O)C(O)C(COC1OC(CO)C(O)C(O)C1O)NC(=O)C(O)CCCCCCCCCCCCCCCCCCCCCCCCCCC. The first-order valence-corrected chi connectivity index (χ1v) is 29.7. The number of carbonyl (C=O) groups excluding carboxylic acids is 1. The molecule has 0 aromatic heterocycles. The van der Waals surface area contributed by atoms with E-state index in [4.69, 9.17) is 9.47 Å². The summed E-state index contributed by atoms with van der Waals surface area (Å²) >= 11 is 0. The second kappa shape index (κ2) is 48.5. The molecule has 11 heteroatoms. The molecular weight excluding hydrogens is 883 g/mol. The van der Waals surface area contributed by atoms with Gasteiger partial charge in [0.25, 0.3) is 0 Å². The smallest absolute Gasteiger partial charge is 0.249 e. The second-order valence-electron chi connectivity index (χ2n) is 21.1. The number of unbranched alkanes of at least 4 members (excludes halogenated alkanes) is 35. The zero-order chi connectivity index (χ0) is 51.1. The molecule has 1 aliphatic rings. The fraction of sp³-hybridized carbons (Fsp3) is 0.915. The molecular formula is C59H113NO10. The number of aliphatic hydroxyl groups excluding tert-OH is 7. The van der Waals surface area contributed by atoms with Crippen LogP contribution in [0.25, 0.3) is 0 Å². The van der Waals surface area contributed by atoms with Crippen LogP contribution in [-0.2, 0) is 14.3 Å². The number of allylic oxidation sites excluding steroid dienone is 4. The Morgan fingerprint density at radius 3 is 1.27 bits per heavy atom. The molecule has 9 atom stereocenters. The van der Waals surface area contributed by atoms with E-state index in [-0.39, 0.29) is 12.8 Å². The van der Waals surface area contributed by atoms with Crippen molar-refractivity contribution in [1.82, 2.24) is 5.32 Å². The molecule has 414 valence electrons. The van der Waals surface area contributed by atoms with E-state index in [1.165, 1.54) is 193 Å². The molecule has 1 heterocycles. The lowest BCUT2D eigenvalue weighted by molar-refractivity contribution is -0.303. The first kappa shape index (κ1) is 66.6. The van der Waals surface area contributed by atoms with Crippen LogP contribution in [0.4, 0.5) is 0 Å². The minimum atomic E-state index is -1.67. The summed E-state index contributed by atoms with van der Waals surface area (Å²) in [6.45, 7) is 3.46. The summed E-state index contributed by atoms with van der Waals surface area (Å²) in [5, 5.41) is 76.1. The van der Waals surface area contributed by atoms with Crippen molar-refractivity contribution in [1.29, 1.82) is 0 Å². The van der Waals surface area contributed by atoms with Crippen molar-refractivity contribution in [2.45, 2.75) is 332 Å². The van der Waals surface area contributed by atoms with Gasteiger partial charge in [-0.3, -0.25) is 4.79 Å². The molecule has 1 rings (SSSR count). The van der Waals surface area contributed by atoms with Gasteiger partial charge in [0.05, 0.1) is 25.4 Å². The lowest BCUT2D eigenvalue weighted by Gasteiger charge is -2.40. The van der Waals surface area contributed by atoms with Crippen molar-refractivity contribution in [3.05, 3.63) is 24.3 Å². The summed E-state index contributed by atoms with van der Waals surface area (Å²) in [4.78, 5) is 13.2. The Bertz CT molecular complexity index is 1190. The normalized spacial score (nSPS) is 20.4. The Morgan fingerprint density at radius 2 is 0.857 bits per heavy atom. The van der Waals surface area contributed by atoms with Gasteiger partial charge in [-0.25, -0.2) is 0 Å². The third kappa shape index (κ3) is 36.5. The van der Waals surface area contributed by atoms with Gasteiger partial charge in [0, 0.05) is 0 Å². The first-order valence-electron chi connectivity index (χ1n) is 29.7. The van der Waals surface area contributed by atoms with Gasteiger partial charge >= 0.3 is 0 Å². The lowest BCUT2D eigenvalue weighted by Crippen LogP contribution is -2.60. The summed E-state index contributed by atoms with van der Waals surface area (Å²) in [6.07, 6.45) is 46.7. The van der Waals surface area contributed by atoms with E-state index in [2.05, 4.69) is 43.5 Å². The molecule has 0 bridgehead atoms. The van der Waals surface area contributed by atoms with Crippen molar-refractivity contribution in [2.24, 2.45) is 0 Å². The van der Waals surface area contributed by atoms with Gasteiger partial charge in [0.15, 0.2) is 6.29 Å². The van der Waals surface area contributed by atoms with Crippen molar-refractivity contribution >= 4 is 5.91 Å². The van der Waals surface area contributed by atoms with Crippen molar-refractivity contribution in [3.63, 3.8) is 0 Å². The summed E-state index contributed by atoms with van der Waals surface area (Å²) in [5.74, 6) is -0.705. The standard InChI is InChI=1S/C59H113NO10/c1-3-5-7-9-11-13-15-17-19-21-23-24-25-26-27-28-29-31-33-35-37-39-41-43-45-47-52(63)58(68)60-50(49-69-59-57(67)56(66)55(65)53(48-61)70-59)54(64)51(62)46-44-42-40-38-36-34-32-30-22-20-18-16-14-12-10-8-6-4-2/h30,32,38,40,50-57,59,61-67H,3-29,31,33-37,39,41-49H2,1-2H3,(H,60,68)/b32-30+,40-38+. The fourth-order valence-corrected chi connectivity index (χ4v) is 9.64. The van der Waals surface area contributed by atoms with Crippen molar-refractivity contribution < 1.29 is 50.0 Å². The highest BCUT2D eigenvalue weighted by molar-refractivity contribution is 5.80. The Labute approximate surface area is 429 Å². The summed E-state index contributed by atoms with van der Waals surface area (Å²) in [5.41, 5.74) is 0. The topological polar surface area (TPSA) is 189 Å². The van der Waals surface area contributed by atoms with Gasteiger partial charge in [-0.2, -0.15) is 0 Å². The van der Waals surface area contributed by atoms with Crippen LogP contribution in [0.5, 0.6) is 0 Å². The Hall–Kier alpha value is -1.41. The molecule has 0 spiro atoms. The molecule has 1 fully saturated rings. The largest absolute Gasteiger partial charge is 0.394 e. The van der Waals surface area contributed by atoms with Gasteiger partial charge in [-0.15, -0.1) is 0 Å². The quantitative estimate of drug-likeness (QED) is 0.0215. The predicted molar refractivity (Wildman–Crippen MR) is 289 cm³/mol. The number of carbonyl (C=O) groups is 1. The van der Waals surface area contributed by atoms with E-state index in [0.29, 0.717) is 19.3 Å². The molecule has 0 aliphatic carbocycles. The number of nitrogens with one attached hydrogen (secondary N) is 1. The molecule has 9 unspecified atom stereocenters. The van der Waals surface area contributed by atoms with E-state index < -0.39 is 74.2 Å². The number of hydrogen-bond acceptors (Lipinski definition) is 10. The van der Waals surface area contributed by atoms with Crippen LogP contribution < -0.4 is 5.32 Å². The van der Waals surface area contributed by atoms with Crippen LogP contribution in [0.15, 0.2) is 24.3 Å². The molecule has 0 aromatic rings. The molecule has 0 radical (unpaired) electrons. The summed E-state index contributed by atoms with van der Waals surface area (Å²) in [7, 11) is 0. The molecule has 11 nitrogen and oxygen atoms in total. The van der Waals surface area contributed by atoms with E-state index >= 15 is 0 Å². The highest BCUT2D eigenvalue weighted by Crippen LogP contribution is 2.23. The summed E-state index contributed by atoms with van der Waals surface area (Å²) in [6, 6.07) is -1.19. The average Bonchev–Trinajstić information content (AvgIpc) is 3.36. The average molecular weight is 997 g/mol. The van der Waals surface area contributed by atoms with Gasteiger partial charge in [0.2, 0.25) is 5.91 Å². The zero-order valence-corrected chi connectivity index (χ0v) is 45.3. The van der Waals surface area contributed by atoms with Gasteiger partial charge in [0.1, 0.15) is 36.6 Å². The van der Waals surface area contributed by atoms with Gasteiger partial charge < -0.3 is 50.5 Å². The van der Waals surface area contributed by atoms with Crippen LogP contribution >= 0.6 is 0 Å². The Balaban J connectivity index is 2.30. The number of rotatable bonds is 51. The minimum absolute atomic E-state index is 0.249. The number of hydrogen-bond donors (Lipinski definition) is 8. The Kier molecular flexibility index (Phi) is 46.2. The maximum absolute atomic E-state index is 13.2. The fourth-order valence-electron chi connectivity index (χ4n) is 9.64. The van der Waals surface area contributed by atoms with Gasteiger partial charge in [-0.05, 0) is 51.4 Å². The molecule has 1 amide bonds. The molecule has 1 aliphatic heterocycles. The van der Waals surface area contributed by atoms with Crippen LogP contribution in [-0.4, -0.2) is 110 Å². The van der Waals surface area contributed by atoms with E-state index in [0.717, 1.165) is 38.5 Å². The lowest BCUT2D eigenvalue weighted by atomic mass is 9.98. The monoisotopic (exact) mass is 996 g/mol. The van der Waals surface area contributed by atoms with Crippen LogP contribution in [0.3, 0.4) is 0 Å². The van der Waals surface area contributed by atoms with Crippen molar-refractivity contribution in [3.8, 4) is 0 Å². The molecule has 8 N–H and O–H groups in total. The molecule has 1 saturated heterocycles. The second-order valence-corrected chi connectivity index (χ2v) is 21.1. The highest BCUT2D eigenvalue weighted by Gasteiger charge is 2.44. The number of amides is 1. The van der Waals surface area contributed by atoms with E-state index in [1.54, 1.807) is 0 Å². The molecule has 0 saturated carbocycles. The molecule has 0 aromatic carbocycles. The highest BCUT2D eigenvalue weighted by atomic mass is 16.7. The van der Waals surface area contributed by atoms with Crippen LogP contribution in [0.1, 0.15) is 277 Å². The maximum atomic E-state index is 13.2. The number of aliphatic hydroxyl groups is 7.